The lowest BCUT2D eigenvalue weighted by Crippen LogP contribution is -2.19. The van der Waals surface area contributed by atoms with E-state index in [-0.39, 0.29) is 0 Å². The summed E-state index contributed by atoms with van der Waals surface area (Å²) in [4.78, 5) is 9.18. The standard InChI is InChI=1S/C18H22N8/c1-13-21-16-10-6-5-9-15(16)17(22-13)19-11-12-20-18-23-24-25-26(18)14-7-3-2-4-8-14/h2-4,7-8H,5-6,9-12H2,1H3,(H,19,21,22)(H,20,23,25). The first-order valence-electron chi connectivity index (χ1n) is 8.99. The molecule has 0 bridgehead atoms. The summed E-state index contributed by atoms with van der Waals surface area (Å²) in [6, 6.07) is 9.83. The van der Waals surface area contributed by atoms with Crippen LogP contribution in [0, 0.1) is 6.92 Å². The van der Waals surface area contributed by atoms with E-state index in [1.807, 2.05) is 37.3 Å². The Balaban J connectivity index is 1.39. The molecule has 1 aliphatic carbocycles. The van der Waals surface area contributed by atoms with Crippen molar-refractivity contribution < 1.29 is 0 Å². The monoisotopic (exact) mass is 350 g/mol. The normalized spacial score (nSPS) is 13.3. The van der Waals surface area contributed by atoms with Crippen molar-refractivity contribution in [3.63, 3.8) is 0 Å². The van der Waals surface area contributed by atoms with Gasteiger partial charge in [0.1, 0.15) is 11.6 Å². The van der Waals surface area contributed by atoms with Crippen LogP contribution in [0.25, 0.3) is 5.69 Å². The molecule has 8 heteroatoms. The number of aromatic nitrogens is 6. The second-order valence-electron chi connectivity index (χ2n) is 6.36. The van der Waals surface area contributed by atoms with E-state index >= 15 is 0 Å². The summed E-state index contributed by atoms with van der Waals surface area (Å²) in [5.74, 6) is 2.42. The third-order valence-corrected chi connectivity index (χ3v) is 4.47. The number of nitrogens with one attached hydrogen (secondary N) is 2. The van der Waals surface area contributed by atoms with Gasteiger partial charge in [0.15, 0.2) is 0 Å². The first-order chi connectivity index (χ1) is 12.8. The summed E-state index contributed by atoms with van der Waals surface area (Å²) in [5, 5.41) is 18.6. The maximum atomic E-state index is 4.59. The van der Waals surface area contributed by atoms with Crippen LogP contribution in [-0.2, 0) is 12.8 Å². The van der Waals surface area contributed by atoms with Gasteiger partial charge in [0.2, 0.25) is 5.95 Å². The van der Waals surface area contributed by atoms with Crippen molar-refractivity contribution >= 4 is 11.8 Å². The Morgan fingerprint density at radius 2 is 1.81 bits per heavy atom. The minimum atomic E-state index is 0.624. The number of aryl methyl sites for hydroxylation is 2. The van der Waals surface area contributed by atoms with Crippen LogP contribution >= 0.6 is 0 Å². The molecular weight excluding hydrogens is 328 g/mol. The summed E-state index contributed by atoms with van der Waals surface area (Å²) in [5.41, 5.74) is 3.40. The molecule has 8 nitrogen and oxygen atoms in total. The molecule has 0 aliphatic heterocycles. The smallest absolute Gasteiger partial charge is 0.247 e. The molecule has 2 heterocycles. The van der Waals surface area contributed by atoms with E-state index in [9.17, 15) is 0 Å². The zero-order valence-corrected chi connectivity index (χ0v) is 14.8. The second-order valence-corrected chi connectivity index (χ2v) is 6.36. The zero-order chi connectivity index (χ0) is 17.8. The fourth-order valence-electron chi connectivity index (χ4n) is 3.26. The molecule has 4 rings (SSSR count). The molecule has 0 spiro atoms. The van der Waals surface area contributed by atoms with E-state index in [1.165, 1.54) is 24.1 Å². The SMILES string of the molecule is Cc1nc2c(c(NCCNc3nnnn3-c3ccccc3)n1)CCCC2. The highest BCUT2D eigenvalue weighted by atomic mass is 15.6. The minimum Gasteiger partial charge on any atom is -0.368 e. The third kappa shape index (κ3) is 3.49. The highest BCUT2D eigenvalue weighted by Gasteiger charge is 2.16. The Hall–Kier alpha value is -3.03. The highest BCUT2D eigenvalue weighted by molar-refractivity contribution is 5.48. The van der Waals surface area contributed by atoms with E-state index in [0.29, 0.717) is 12.5 Å². The molecule has 0 saturated carbocycles. The van der Waals surface area contributed by atoms with Crippen LogP contribution in [0.2, 0.25) is 0 Å². The number of benzene rings is 1. The van der Waals surface area contributed by atoms with Crippen LogP contribution in [0.5, 0.6) is 0 Å². The first kappa shape index (κ1) is 16.4. The Morgan fingerprint density at radius 1 is 1.00 bits per heavy atom. The molecule has 3 aromatic rings. The number of fused-ring (bicyclic) bond motifs is 1. The Kier molecular flexibility index (Phi) is 4.72. The predicted octanol–water partition coefficient (Wildman–Crippen LogP) is 2.16. The van der Waals surface area contributed by atoms with E-state index in [0.717, 1.165) is 36.7 Å². The third-order valence-electron chi connectivity index (χ3n) is 4.47. The molecule has 134 valence electrons. The van der Waals surface area contributed by atoms with Gasteiger partial charge < -0.3 is 10.6 Å². The molecular formula is C18H22N8. The summed E-state index contributed by atoms with van der Waals surface area (Å²) in [6.45, 7) is 3.36. The van der Waals surface area contributed by atoms with Gasteiger partial charge in [0.05, 0.1) is 5.69 Å². The molecule has 2 N–H and O–H groups in total. The lowest BCUT2D eigenvalue weighted by atomic mass is 9.96. The van der Waals surface area contributed by atoms with Crippen LogP contribution in [0.4, 0.5) is 11.8 Å². The molecule has 0 atom stereocenters. The molecule has 1 aliphatic rings. The van der Waals surface area contributed by atoms with Gasteiger partial charge in [-0.05, 0) is 55.2 Å². The number of tetrazole rings is 1. The average Bonchev–Trinajstić information content (AvgIpc) is 3.14. The maximum Gasteiger partial charge on any atom is 0.247 e. The topological polar surface area (TPSA) is 93.4 Å². The average molecular weight is 350 g/mol. The van der Waals surface area contributed by atoms with Crippen molar-refractivity contribution in [3.05, 3.63) is 47.4 Å². The Bertz CT molecular complexity index is 874. The quantitative estimate of drug-likeness (QED) is 0.658. The van der Waals surface area contributed by atoms with Crippen LogP contribution in [0.15, 0.2) is 30.3 Å². The van der Waals surface area contributed by atoms with Gasteiger partial charge >= 0.3 is 0 Å². The summed E-state index contributed by atoms with van der Waals surface area (Å²) >= 11 is 0. The minimum absolute atomic E-state index is 0.624. The number of nitrogens with zero attached hydrogens (tertiary/aromatic N) is 6. The van der Waals surface area contributed by atoms with Gasteiger partial charge in [-0.2, -0.15) is 4.68 Å². The largest absolute Gasteiger partial charge is 0.368 e. The van der Waals surface area contributed by atoms with Crippen LogP contribution < -0.4 is 10.6 Å². The van der Waals surface area contributed by atoms with E-state index < -0.39 is 0 Å². The van der Waals surface area contributed by atoms with Crippen LogP contribution in [0.1, 0.15) is 29.9 Å². The Morgan fingerprint density at radius 3 is 2.69 bits per heavy atom. The van der Waals surface area contributed by atoms with Crippen molar-refractivity contribution in [3.8, 4) is 5.69 Å². The van der Waals surface area contributed by atoms with Crippen LogP contribution in [0.3, 0.4) is 0 Å². The van der Waals surface area contributed by atoms with Gasteiger partial charge in [-0.3, -0.25) is 0 Å². The highest BCUT2D eigenvalue weighted by Crippen LogP contribution is 2.25. The fraction of sp³-hybridized carbons (Fsp3) is 0.389. The maximum absolute atomic E-state index is 4.59. The van der Waals surface area contributed by atoms with Gasteiger partial charge in [-0.1, -0.05) is 23.3 Å². The number of hydrogen-bond donors (Lipinski definition) is 2. The summed E-state index contributed by atoms with van der Waals surface area (Å²) in [6.07, 6.45) is 4.53. The van der Waals surface area contributed by atoms with E-state index in [1.54, 1.807) is 4.68 Å². The molecule has 0 amide bonds. The van der Waals surface area contributed by atoms with Gasteiger partial charge in [-0.15, -0.1) is 0 Å². The van der Waals surface area contributed by atoms with Crippen molar-refractivity contribution in [2.75, 3.05) is 23.7 Å². The number of anilines is 2. The first-order valence-corrected chi connectivity index (χ1v) is 8.99. The van der Waals surface area contributed by atoms with Gasteiger partial charge in [0, 0.05) is 24.3 Å². The molecule has 2 aromatic heterocycles. The van der Waals surface area contributed by atoms with Crippen molar-refractivity contribution in [1.82, 2.24) is 30.2 Å². The van der Waals surface area contributed by atoms with Crippen molar-refractivity contribution in [1.29, 1.82) is 0 Å². The molecule has 0 radical (unpaired) electrons. The summed E-state index contributed by atoms with van der Waals surface area (Å²) < 4.78 is 1.69. The second kappa shape index (κ2) is 7.47. The molecule has 0 saturated heterocycles. The number of para-hydroxylation sites is 1. The molecule has 0 fully saturated rings. The molecule has 0 unspecified atom stereocenters. The lowest BCUT2D eigenvalue weighted by molar-refractivity contribution is 0.659. The lowest BCUT2D eigenvalue weighted by Gasteiger charge is -2.19. The van der Waals surface area contributed by atoms with Gasteiger partial charge in [0.25, 0.3) is 0 Å². The fourth-order valence-corrected chi connectivity index (χ4v) is 3.26. The predicted molar refractivity (Wildman–Crippen MR) is 99.5 cm³/mol. The van der Waals surface area contributed by atoms with Crippen molar-refractivity contribution in [2.24, 2.45) is 0 Å². The molecule has 26 heavy (non-hydrogen) atoms. The number of rotatable bonds is 6. The van der Waals surface area contributed by atoms with Crippen molar-refractivity contribution in [2.45, 2.75) is 32.6 Å². The number of hydrogen-bond acceptors (Lipinski definition) is 7. The zero-order valence-electron chi connectivity index (χ0n) is 14.8. The Labute approximate surface area is 152 Å². The summed E-state index contributed by atoms with van der Waals surface area (Å²) in [7, 11) is 0. The van der Waals surface area contributed by atoms with Crippen LogP contribution in [-0.4, -0.2) is 43.3 Å². The van der Waals surface area contributed by atoms with E-state index in [2.05, 4.69) is 36.1 Å². The van der Waals surface area contributed by atoms with Gasteiger partial charge in [-0.25, -0.2) is 9.97 Å². The van der Waals surface area contributed by atoms with E-state index in [4.69, 9.17) is 0 Å². The molecule has 1 aromatic carbocycles.